The summed E-state index contributed by atoms with van der Waals surface area (Å²) in [4.78, 5) is 47.0. The molecule has 1 N–H and O–H groups in total. The van der Waals surface area contributed by atoms with Gasteiger partial charge in [-0.15, -0.1) is 0 Å². The minimum absolute atomic E-state index is 0.0707. The minimum atomic E-state index is -0.769. The van der Waals surface area contributed by atoms with Crippen LogP contribution in [0.5, 0.6) is 0 Å². The van der Waals surface area contributed by atoms with Crippen molar-refractivity contribution < 1.29 is 14.5 Å². The first-order valence-corrected chi connectivity index (χ1v) is 10.2. The summed E-state index contributed by atoms with van der Waals surface area (Å²) in [6.07, 6.45) is 1.55. The Hall–Kier alpha value is -4.60. The number of nitrogens with one attached hydrogen (secondary N) is 1. The van der Waals surface area contributed by atoms with Crippen molar-refractivity contribution in [1.82, 2.24) is 14.5 Å². The number of pyridine rings is 1. The van der Waals surface area contributed by atoms with E-state index in [1.807, 2.05) is 36.4 Å². The third kappa shape index (κ3) is 3.78. The van der Waals surface area contributed by atoms with Gasteiger partial charge in [0.05, 0.1) is 34.6 Å². The number of nitro benzene ring substituents is 1. The van der Waals surface area contributed by atoms with E-state index in [1.54, 1.807) is 21.7 Å². The number of nitrogens with zero attached hydrogens (tertiary/aromatic N) is 5. The smallest absolute Gasteiger partial charge is 0.269 e. The third-order valence-electron chi connectivity index (χ3n) is 5.47. The summed E-state index contributed by atoms with van der Waals surface area (Å²) < 4.78 is 1.79. The van der Waals surface area contributed by atoms with Gasteiger partial charge in [-0.05, 0) is 36.4 Å². The van der Waals surface area contributed by atoms with E-state index in [2.05, 4.69) is 15.3 Å². The fourth-order valence-corrected chi connectivity index (χ4v) is 3.95. The second kappa shape index (κ2) is 8.15. The molecule has 2 aromatic carbocycles. The molecule has 0 radical (unpaired) electrons. The molecule has 0 fully saturated rings. The van der Waals surface area contributed by atoms with Gasteiger partial charge in [0, 0.05) is 24.0 Å². The maximum absolute atomic E-state index is 13.4. The van der Waals surface area contributed by atoms with E-state index in [0.29, 0.717) is 17.3 Å². The Morgan fingerprint density at radius 2 is 1.82 bits per heavy atom. The number of aromatic nitrogens is 3. The Kier molecular flexibility index (Phi) is 5.02. The van der Waals surface area contributed by atoms with Gasteiger partial charge in [-0.2, -0.15) is 0 Å². The number of nitro groups is 1. The van der Waals surface area contributed by atoms with Crippen LogP contribution in [0, 0.1) is 10.1 Å². The van der Waals surface area contributed by atoms with Gasteiger partial charge in [0.2, 0.25) is 11.9 Å². The highest BCUT2D eigenvalue weighted by molar-refractivity contribution is 6.05. The summed E-state index contributed by atoms with van der Waals surface area (Å²) in [5, 5.41) is 13.5. The van der Waals surface area contributed by atoms with E-state index >= 15 is 0 Å². The molecule has 2 amide bonds. The topological polar surface area (TPSA) is 123 Å². The Labute approximate surface area is 187 Å². The normalized spacial score (nSPS) is 15.0. The largest absolute Gasteiger partial charge is 0.326 e. The molecule has 5 rings (SSSR count). The van der Waals surface area contributed by atoms with Crippen molar-refractivity contribution in [2.75, 3.05) is 10.2 Å². The SMILES string of the molecule is O=C(C[C@@H]1C(=O)N(Cc2ccccn2)c2nc3ccccc3n21)Nc1ccc([N+](=O)[O-])cc1. The first-order valence-electron chi connectivity index (χ1n) is 10.2. The number of carbonyl (C=O) groups excluding carboxylic acids is 2. The minimum Gasteiger partial charge on any atom is -0.326 e. The van der Waals surface area contributed by atoms with Crippen LogP contribution in [0.4, 0.5) is 17.3 Å². The molecule has 2 aromatic heterocycles. The number of hydrogen-bond acceptors (Lipinski definition) is 6. The number of carbonyl (C=O) groups is 2. The molecule has 33 heavy (non-hydrogen) atoms. The monoisotopic (exact) mass is 442 g/mol. The number of amides is 2. The Balaban J connectivity index is 1.43. The second-order valence-electron chi connectivity index (χ2n) is 7.59. The van der Waals surface area contributed by atoms with Crippen LogP contribution >= 0.6 is 0 Å². The summed E-state index contributed by atoms with van der Waals surface area (Å²) in [5.41, 5.74) is 2.54. The lowest BCUT2D eigenvalue weighted by Crippen LogP contribution is -2.31. The van der Waals surface area contributed by atoms with Crippen LogP contribution in [0.3, 0.4) is 0 Å². The van der Waals surface area contributed by atoms with Crippen molar-refractivity contribution in [3.63, 3.8) is 0 Å². The molecule has 1 atom stereocenters. The predicted molar refractivity (Wildman–Crippen MR) is 121 cm³/mol. The average Bonchev–Trinajstić information content (AvgIpc) is 3.31. The van der Waals surface area contributed by atoms with E-state index in [1.165, 1.54) is 24.3 Å². The first-order chi connectivity index (χ1) is 16.0. The van der Waals surface area contributed by atoms with E-state index < -0.39 is 11.0 Å². The average molecular weight is 442 g/mol. The number of anilines is 2. The van der Waals surface area contributed by atoms with E-state index in [0.717, 1.165) is 11.0 Å². The van der Waals surface area contributed by atoms with Crippen molar-refractivity contribution in [2.24, 2.45) is 0 Å². The zero-order valence-electron chi connectivity index (χ0n) is 17.3. The molecule has 0 bridgehead atoms. The van der Waals surface area contributed by atoms with Gasteiger partial charge in [-0.1, -0.05) is 18.2 Å². The zero-order chi connectivity index (χ0) is 22.9. The summed E-state index contributed by atoms with van der Waals surface area (Å²) in [7, 11) is 0. The van der Waals surface area contributed by atoms with Crippen molar-refractivity contribution in [2.45, 2.75) is 19.0 Å². The maximum Gasteiger partial charge on any atom is 0.269 e. The summed E-state index contributed by atoms with van der Waals surface area (Å²) in [6, 6.07) is 17.7. The van der Waals surface area contributed by atoms with Crippen molar-refractivity contribution >= 4 is 40.2 Å². The van der Waals surface area contributed by atoms with Crippen LogP contribution in [-0.4, -0.2) is 31.3 Å². The molecule has 0 saturated carbocycles. The molecule has 0 aliphatic carbocycles. The number of fused-ring (bicyclic) bond motifs is 3. The fourth-order valence-electron chi connectivity index (χ4n) is 3.95. The number of imidazole rings is 1. The lowest BCUT2D eigenvalue weighted by molar-refractivity contribution is -0.384. The lowest BCUT2D eigenvalue weighted by Gasteiger charge is -2.15. The van der Waals surface area contributed by atoms with Crippen LogP contribution < -0.4 is 10.2 Å². The van der Waals surface area contributed by atoms with Crippen LogP contribution in [0.1, 0.15) is 18.2 Å². The highest BCUT2D eigenvalue weighted by atomic mass is 16.6. The molecular formula is C23H18N6O4. The summed E-state index contributed by atoms with van der Waals surface area (Å²) >= 11 is 0. The molecular weight excluding hydrogens is 424 g/mol. The summed E-state index contributed by atoms with van der Waals surface area (Å²) in [5.74, 6) is -0.154. The lowest BCUT2D eigenvalue weighted by atomic mass is 10.1. The van der Waals surface area contributed by atoms with Crippen LogP contribution in [0.25, 0.3) is 11.0 Å². The van der Waals surface area contributed by atoms with Gasteiger partial charge in [0.25, 0.3) is 11.6 Å². The van der Waals surface area contributed by atoms with E-state index in [9.17, 15) is 19.7 Å². The van der Waals surface area contributed by atoms with Crippen LogP contribution in [0.2, 0.25) is 0 Å². The van der Waals surface area contributed by atoms with Gasteiger partial charge >= 0.3 is 0 Å². The molecule has 10 nitrogen and oxygen atoms in total. The molecule has 0 spiro atoms. The van der Waals surface area contributed by atoms with Gasteiger partial charge in [0.1, 0.15) is 6.04 Å². The molecule has 1 aliphatic rings. The first kappa shape index (κ1) is 20.3. The van der Waals surface area contributed by atoms with Gasteiger partial charge in [-0.3, -0.25) is 34.2 Å². The second-order valence-corrected chi connectivity index (χ2v) is 7.59. The van der Waals surface area contributed by atoms with Crippen molar-refractivity contribution in [1.29, 1.82) is 0 Å². The third-order valence-corrected chi connectivity index (χ3v) is 5.47. The van der Waals surface area contributed by atoms with Crippen molar-refractivity contribution in [3.8, 4) is 0 Å². The molecule has 10 heteroatoms. The van der Waals surface area contributed by atoms with Crippen molar-refractivity contribution in [3.05, 3.63) is 88.7 Å². The molecule has 3 heterocycles. The van der Waals surface area contributed by atoms with Gasteiger partial charge < -0.3 is 5.32 Å². The fraction of sp³-hybridized carbons (Fsp3) is 0.130. The zero-order valence-corrected chi connectivity index (χ0v) is 17.3. The Morgan fingerprint density at radius 3 is 2.55 bits per heavy atom. The number of rotatable bonds is 6. The molecule has 4 aromatic rings. The van der Waals surface area contributed by atoms with Crippen LogP contribution in [0.15, 0.2) is 72.9 Å². The van der Waals surface area contributed by atoms with Crippen LogP contribution in [-0.2, 0) is 16.1 Å². The van der Waals surface area contributed by atoms with E-state index in [-0.39, 0.29) is 30.5 Å². The number of para-hydroxylation sites is 2. The number of non-ortho nitro benzene ring substituents is 1. The highest BCUT2D eigenvalue weighted by Crippen LogP contribution is 2.37. The molecule has 164 valence electrons. The highest BCUT2D eigenvalue weighted by Gasteiger charge is 2.41. The number of benzene rings is 2. The maximum atomic E-state index is 13.4. The van der Waals surface area contributed by atoms with Gasteiger partial charge in [0.15, 0.2) is 0 Å². The Bertz CT molecular complexity index is 1370. The Morgan fingerprint density at radius 1 is 1.06 bits per heavy atom. The molecule has 0 unspecified atom stereocenters. The predicted octanol–water partition coefficient (Wildman–Crippen LogP) is 3.46. The van der Waals surface area contributed by atoms with Gasteiger partial charge in [-0.25, -0.2) is 4.98 Å². The number of hydrogen-bond donors (Lipinski definition) is 1. The quantitative estimate of drug-likeness (QED) is 0.360. The molecule has 1 aliphatic heterocycles. The summed E-state index contributed by atoms with van der Waals surface area (Å²) in [6.45, 7) is 0.240. The standard InChI is InChI=1S/C23H18N6O4/c30-21(25-15-8-10-17(11-9-15)29(32)33)13-20-22(31)27(14-16-5-3-4-12-24-16)23-26-18-6-1-2-7-19(18)28(20)23/h1-12,20H,13-14H2,(H,25,30)/t20-/m1/s1. The van der Waals surface area contributed by atoms with E-state index in [4.69, 9.17) is 0 Å². The molecule has 0 saturated heterocycles.